The summed E-state index contributed by atoms with van der Waals surface area (Å²) in [5.74, 6) is 2.57. The number of allylic oxidation sites excluding steroid dienone is 1. The fourth-order valence-corrected chi connectivity index (χ4v) is 4.53. The molecule has 148 valence electrons. The molecule has 1 fully saturated rings. The molecule has 1 aliphatic carbocycles. The Bertz CT molecular complexity index is 860. The summed E-state index contributed by atoms with van der Waals surface area (Å²) in [6.07, 6.45) is 17.5. The van der Waals surface area contributed by atoms with E-state index in [1.807, 2.05) is 36.1 Å². The van der Waals surface area contributed by atoms with Gasteiger partial charge in [0.1, 0.15) is 11.5 Å². The number of benzene rings is 1. The Labute approximate surface area is 168 Å². The van der Waals surface area contributed by atoms with Crippen molar-refractivity contribution in [2.45, 2.75) is 58.0 Å². The molecule has 2 heterocycles. The summed E-state index contributed by atoms with van der Waals surface area (Å²) in [6.45, 7) is 4.46. The van der Waals surface area contributed by atoms with E-state index in [0.29, 0.717) is 6.04 Å². The first-order valence-electron chi connectivity index (χ1n) is 10.5. The molecular formula is C24H31N3O. The maximum atomic E-state index is 6.24. The van der Waals surface area contributed by atoms with Crippen molar-refractivity contribution in [1.29, 1.82) is 0 Å². The monoisotopic (exact) mass is 377 g/mol. The van der Waals surface area contributed by atoms with E-state index in [4.69, 9.17) is 4.74 Å². The topological polar surface area (TPSA) is 30.3 Å². The van der Waals surface area contributed by atoms with Gasteiger partial charge in [-0.2, -0.15) is 5.10 Å². The van der Waals surface area contributed by atoms with Gasteiger partial charge in [0.2, 0.25) is 0 Å². The average Bonchev–Trinajstić information content (AvgIpc) is 3.16. The van der Waals surface area contributed by atoms with E-state index >= 15 is 0 Å². The highest BCUT2D eigenvalue weighted by Crippen LogP contribution is 2.36. The lowest BCUT2D eigenvalue weighted by Gasteiger charge is -2.41. The van der Waals surface area contributed by atoms with Crippen LogP contribution < -0.4 is 4.74 Å². The fourth-order valence-electron chi connectivity index (χ4n) is 4.53. The second kappa shape index (κ2) is 8.26. The zero-order valence-corrected chi connectivity index (χ0v) is 17.2. The molecule has 28 heavy (non-hydrogen) atoms. The van der Waals surface area contributed by atoms with Crippen LogP contribution >= 0.6 is 0 Å². The van der Waals surface area contributed by atoms with Crippen molar-refractivity contribution < 1.29 is 4.74 Å². The van der Waals surface area contributed by atoms with Crippen LogP contribution in [0, 0.1) is 12.8 Å². The molecule has 4 heteroatoms. The first-order valence-corrected chi connectivity index (χ1v) is 10.5. The molecule has 0 N–H and O–H groups in total. The third-order valence-corrected chi connectivity index (χ3v) is 6.24. The maximum Gasteiger partial charge on any atom is 0.130 e. The number of rotatable bonds is 5. The van der Waals surface area contributed by atoms with Crippen LogP contribution in [0.3, 0.4) is 0 Å². The highest BCUT2D eigenvalue weighted by Gasteiger charge is 2.30. The van der Waals surface area contributed by atoms with Crippen molar-refractivity contribution >= 4 is 0 Å². The second-order valence-electron chi connectivity index (χ2n) is 8.23. The van der Waals surface area contributed by atoms with Crippen molar-refractivity contribution in [3.8, 4) is 5.75 Å². The molecule has 2 atom stereocenters. The van der Waals surface area contributed by atoms with E-state index in [2.05, 4.69) is 54.5 Å². The molecule has 1 saturated carbocycles. The summed E-state index contributed by atoms with van der Waals surface area (Å²) in [7, 11) is 1.98. The summed E-state index contributed by atoms with van der Waals surface area (Å²) < 4.78 is 8.12. The molecule has 1 aliphatic heterocycles. The van der Waals surface area contributed by atoms with Crippen molar-refractivity contribution in [3.63, 3.8) is 0 Å². The van der Waals surface area contributed by atoms with Crippen LogP contribution in [0.2, 0.25) is 0 Å². The van der Waals surface area contributed by atoms with Gasteiger partial charge in [-0.1, -0.05) is 37.5 Å². The molecule has 0 bridgehead atoms. The second-order valence-corrected chi connectivity index (χ2v) is 8.23. The Balaban J connectivity index is 1.60. The molecule has 1 aromatic heterocycles. The molecule has 4 nitrogen and oxygen atoms in total. The molecule has 1 unspecified atom stereocenters. The minimum absolute atomic E-state index is 0.148. The SMILES string of the molecule is Cc1ccccc1OC1=CC(c2cnn(C)c2)N([C@@H](C)C2CCCCC2)C=C1. The Morgan fingerprint density at radius 2 is 1.93 bits per heavy atom. The van der Waals surface area contributed by atoms with Crippen molar-refractivity contribution in [3.05, 3.63) is 71.9 Å². The van der Waals surface area contributed by atoms with Gasteiger partial charge in [-0.15, -0.1) is 0 Å². The predicted octanol–water partition coefficient (Wildman–Crippen LogP) is 5.53. The summed E-state index contributed by atoms with van der Waals surface area (Å²) in [4.78, 5) is 2.50. The van der Waals surface area contributed by atoms with Crippen molar-refractivity contribution in [2.75, 3.05) is 0 Å². The number of hydrogen-bond acceptors (Lipinski definition) is 3. The van der Waals surface area contributed by atoms with E-state index in [0.717, 1.165) is 23.0 Å². The summed E-state index contributed by atoms with van der Waals surface area (Å²) >= 11 is 0. The van der Waals surface area contributed by atoms with E-state index in [-0.39, 0.29) is 6.04 Å². The van der Waals surface area contributed by atoms with Gasteiger partial charge in [-0.05, 0) is 56.4 Å². The normalized spacial score (nSPS) is 21.5. The number of aromatic nitrogens is 2. The van der Waals surface area contributed by atoms with Crippen LogP contribution in [-0.2, 0) is 7.05 Å². The van der Waals surface area contributed by atoms with Crippen LogP contribution in [0.15, 0.2) is 60.8 Å². The lowest BCUT2D eigenvalue weighted by atomic mass is 9.83. The standard InChI is InChI=1S/C24H31N3O/c1-18-9-7-8-12-24(18)28-22-13-14-27(19(2)20-10-5-4-6-11-20)23(15-22)21-16-25-26(3)17-21/h7-9,12-17,19-20,23H,4-6,10-11H2,1-3H3/t19-,23?/m0/s1. The van der Waals surface area contributed by atoms with Crippen molar-refractivity contribution in [2.24, 2.45) is 13.0 Å². The van der Waals surface area contributed by atoms with Gasteiger partial charge in [0.25, 0.3) is 0 Å². The van der Waals surface area contributed by atoms with Gasteiger partial charge in [-0.3, -0.25) is 4.68 Å². The summed E-state index contributed by atoms with van der Waals surface area (Å²) in [6, 6.07) is 8.82. The molecule has 0 radical (unpaired) electrons. The molecule has 0 spiro atoms. The highest BCUT2D eigenvalue weighted by molar-refractivity contribution is 5.36. The maximum absolute atomic E-state index is 6.24. The number of ether oxygens (including phenoxy) is 1. The van der Waals surface area contributed by atoms with Crippen LogP contribution in [0.5, 0.6) is 5.75 Å². The fraction of sp³-hybridized carbons (Fsp3) is 0.458. The van der Waals surface area contributed by atoms with Gasteiger partial charge in [-0.25, -0.2) is 0 Å². The minimum Gasteiger partial charge on any atom is -0.457 e. The highest BCUT2D eigenvalue weighted by atomic mass is 16.5. The Kier molecular flexibility index (Phi) is 5.56. The molecule has 1 aromatic carbocycles. The largest absolute Gasteiger partial charge is 0.457 e. The van der Waals surface area contributed by atoms with E-state index in [1.165, 1.54) is 37.7 Å². The number of aryl methyl sites for hydroxylation is 2. The Morgan fingerprint density at radius 1 is 1.14 bits per heavy atom. The number of hydrogen-bond donors (Lipinski definition) is 0. The summed E-state index contributed by atoms with van der Waals surface area (Å²) in [5.41, 5.74) is 2.35. The van der Waals surface area contributed by atoms with Crippen molar-refractivity contribution in [1.82, 2.24) is 14.7 Å². The Morgan fingerprint density at radius 3 is 2.64 bits per heavy atom. The smallest absolute Gasteiger partial charge is 0.130 e. The van der Waals surface area contributed by atoms with E-state index in [1.54, 1.807) is 0 Å². The predicted molar refractivity (Wildman–Crippen MR) is 113 cm³/mol. The molecular weight excluding hydrogens is 346 g/mol. The zero-order chi connectivity index (χ0) is 19.5. The van der Waals surface area contributed by atoms with Crippen LogP contribution in [0.25, 0.3) is 0 Å². The molecule has 0 amide bonds. The number of nitrogens with zero attached hydrogens (tertiary/aromatic N) is 3. The third-order valence-electron chi connectivity index (χ3n) is 6.24. The summed E-state index contributed by atoms with van der Waals surface area (Å²) in [5, 5.41) is 4.42. The van der Waals surface area contributed by atoms with Gasteiger partial charge in [0.15, 0.2) is 0 Å². The van der Waals surface area contributed by atoms with Crippen LogP contribution in [-0.4, -0.2) is 20.7 Å². The molecule has 2 aliphatic rings. The minimum atomic E-state index is 0.148. The van der Waals surface area contributed by atoms with Crippen LogP contribution in [0.1, 0.15) is 56.2 Å². The Hall–Kier alpha value is -2.49. The zero-order valence-electron chi connectivity index (χ0n) is 17.2. The molecule has 0 saturated heterocycles. The number of para-hydroxylation sites is 1. The first-order chi connectivity index (χ1) is 13.6. The van der Waals surface area contributed by atoms with Gasteiger partial charge >= 0.3 is 0 Å². The van der Waals surface area contributed by atoms with E-state index < -0.39 is 0 Å². The molecule has 4 rings (SSSR count). The van der Waals surface area contributed by atoms with Gasteiger partial charge in [0, 0.05) is 31.0 Å². The van der Waals surface area contributed by atoms with Gasteiger partial charge < -0.3 is 9.64 Å². The lowest BCUT2D eigenvalue weighted by Crippen LogP contribution is -2.39. The lowest BCUT2D eigenvalue weighted by molar-refractivity contribution is 0.150. The quantitative estimate of drug-likeness (QED) is 0.686. The average molecular weight is 378 g/mol. The van der Waals surface area contributed by atoms with E-state index in [9.17, 15) is 0 Å². The third kappa shape index (κ3) is 4.01. The molecule has 2 aromatic rings. The van der Waals surface area contributed by atoms with Crippen LogP contribution in [0.4, 0.5) is 0 Å². The first kappa shape index (κ1) is 18.9. The van der Waals surface area contributed by atoms with Gasteiger partial charge in [0.05, 0.1) is 12.2 Å².